The van der Waals surface area contributed by atoms with Crippen molar-refractivity contribution < 1.29 is 9.72 Å². The number of aromatic nitrogens is 1. The first-order valence-electron chi connectivity index (χ1n) is 6.83. The van der Waals surface area contributed by atoms with Gasteiger partial charge >= 0.3 is 0 Å². The van der Waals surface area contributed by atoms with Gasteiger partial charge in [0.15, 0.2) is 0 Å². The summed E-state index contributed by atoms with van der Waals surface area (Å²) in [4.78, 5) is 24.4. The van der Waals surface area contributed by atoms with Gasteiger partial charge in [-0.3, -0.25) is 14.9 Å². The molecule has 1 aromatic rings. The fourth-order valence-corrected chi connectivity index (χ4v) is 2.68. The lowest BCUT2D eigenvalue weighted by molar-refractivity contribution is -0.384. The van der Waals surface area contributed by atoms with E-state index in [1.807, 2.05) is 0 Å². The van der Waals surface area contributed by atoms with Gasteiger partial charge < -0.3 is 15.2 Å². The number of amides is 1. The average molecular weight is 280 g/mol. The van der Waals surface area contributed by atoms with E-state index in [-0.39, 0.29) is 11.6 Å². The molecule has 1 aliphatic heterocycles. The van der Waals surface area contributed by atoms with E-state index >= 15 is 0 Å². The Morgan fingerprint density at radius 1 is 1.50 bits per heavy atom. The van der Waals surface area contributed by atoms with Crippen LogP contribution in [-0.2, 0) is 7.05 Å². The summed E-state index contributed by atoms with van der Waals surface area (Å²) in [6.45, 7) is 2.08. The third-order valence-electron chi connectivity index (χ3n) is 3.90. The van der Waals surface area contributed by atoms with Crippen molar-refractivity contribution in [2.75, 3.05) is 19.6 Å². The van der Waals surface area contributed by atoms with Crippen molar-refractivity contribution in [3.05, 3.63) is 28.1 Å². The molecule has 2 rings (SSSR count). The maximum Gasteiger partial charge on any atom is 0.287 e. The molecule has 0 unspecified atom stereocenters. The Labute approximate surface area is 117 Å². The van der Waals surface area contributed by atoms with Crippen LogP contribution in [0, 0.1) is 16.0 Å². The number of carbonyl (C=O) groups is 1. The minimum absolute atomic E-state index is 0.0473. The molecule has 2 N–H and O–H groups in total. The van der Waals surface area contributed by atoms with Crippen LogP contribution in [0.25, 0.3) is 0 Å². The lowest BCUT2D eigenvalue weighted by atomic mass is 9.93. The number of nitro groups is 1. The maximum absolute atomic E-state index is 12.4. The standard InChI is InChI=1S/C13H20N4O3/c1-15-9-11(17(19)20)8-12(15)13(18)16-6-3-10(2-5-14)4-7-16/h8-10H,2-7,14H2,1H3. The molecule has 0 saturated carbocycles. The summed E-state index contributed by atoms with van der Waals surface area (Å²) in [5.41, 5.74) is 5.87. The van der Waals surface area contributed by atoms with Crippen molar-refractivity contribution in [1.82, 2.24) is 9.47 Å². The normalized spacial score (nSPS) is 16.4. The van der Waals surface area contributed by atoms with E-state index in [0.717, 1.165) is 19.3 Å². The van der Waals surface area contributed by atoms with E-state index in [9.17, 15) is 14.9 Å². The number of piperidine rings is 1. The monoisotopic (exact) mass is 280 g/mol. The number of aryl methyl sites for hydroxylation is 1. The zero-order chi connectivity index (χ0) is 14.7. The van der Waals surface area contributed by atoms with Gasteiger partial charge in [-0.1, -0.05) is 0 Å². The molecule has 7 nitrogen and oxygen atoms in total. The number of hydrogen-bond acceptors (Lipinski definition) is 4. The second-order valence-corrected chi connectivity index (χ2v) is 5.26. The molecule has 0 aliphatic carbocycles. The number of nitrogens with two attached hydrogens (primary N) is 1. The Bertz CT molecular complexity index is 504. The van der Waals surface area contributed by atoms with Crippen molar-refractivity contribution in [1.29, 1.82) is 0 Å². The summed E-state index contributed by atoms with van der Waals surface area (Å²) in [6, 6.07) is 1.34. The lowest BCUT2D eigenvalue weighted by Crippen LogP contribution is -2.39. The number of rotatable bonds is 4. The second-order valence-electron chi connectivity index (χ2n) is 5.26. The van der Waals surface area contributed by atoms with Gasteiger partial charge in [-0.15, -0.1) is 0 Å². The molecule has 1 aliphatic rings. The fraction of sp³-hybridized carbons (Fsp3) is 0.615. The van der Waals surface area contributed by atoms with Gasteiger partial charge in [0.1, 0.15) is 5.69 Å². The molecule has 2 heterocycles. The van der Waals surface area contributed by atoms with Crippen LogP contribution in [0.3, 0.4) is 0 Å². The molecular formula is C13H20N4O3. The molecule has 0 atom stereocenters. The number of likely N-dealkylation sites (tertiary alicyclic amines) is 1. The Balaban J connectivity index is 2.03. The molecule has 0 radical (unpaired) electrons. The second kappa shape index (κ2) is 6.04. The third-order valence-corrected chi connectivity index (χ3v) is 3.90. The quantitative estimate of drug-likeness (QED) is 0.660. The molecule has 1 saturated heterocycles. The van der Waals surface area contributed by atoms with Gasteiger partial charge in [0.25, 0.3) is 11.6 Å². The van der Waals surface area contributed by atoms with Crippen molar-refractivity contribution >= 4 is 11.6 Å². The Morgan fingerprint density at radius 2 is 2.15 bits per heavy atom. The fourth-order valence-electron chi connectivity index (χ4n) is 2.68. The molecule has 0 spiro atoms. The number of hydrogen-bond donors (Lipinski definition) is 1. The molecule has 1 aromatic heterocycles. The van der Waals surface area contributed by atoms with Crippen LogP contribution in [0.15, 0.2) is 12.3 Å². The van der Waals surface area contributed by atoms with Crippen molar-refractivity contribution in [2.45, 2.75) is 19.3 Å². The Kier molecular flexibility index (Phi) is 4.39. The van der Waals surface area contributed by atoms with Crippen LogP contribution < -0.4 is 5.73 Å². The van der Waals surface area contributed by atoms with Crippen molar-refractivity contribution in [3.8, 4) is 0 Å². The highest BCUT2D eigenvalue weighted by molar-refractivity contribution is 5.93. The van der Waals surface area contributed by atoms with Crippen molar-refractivity contribution in [3.63, 3.8) is 0 Å². The molecule has 0 aromatic carbocycles. The van der Waals surface area contributed by atoms with Gasteiger partial charge in [0.2, 0.25) is 0 Å². The van der Waals surface area contributed by atoms with Crippen LogP contribution in [0.2, 0.25) is 0 Å². The minimum atomic E-state index is -0.482. The number of nitrogens with zero attached hydrogens (tertiary/aromatic N) is 3. The van der Waals surface area contributed by atoms with E-state index < -0.39 is 4.92 Å². The first kappa shape index (κ1) is 14.5. The highest BCUT2D eigenvalue weighted by atomic mass is 16.6. The van der Waals surface area contributed by atoms with Gasteiger partial charge in [-0.2, -0.15) is 0 Å². The zero-order valence-electron chi connectivity index (χ0n) is 11.6. The molecule has 7 heteroatoms. The van der Waals surface area contributed by atoms with Gasteiger partial charge in [0, 0.05) is 26.2 Å². The molecular weight excluding hydrogens is 260 g/mol. The topological polar surface area (TPSA) is 94.4 Å². The maximum atomic E-state index is 12.4. The predicted molar refractivity (Wildman–Crippen MR) is 74.4 cm³/mol. The van der Waals surface area contributed by atoms with Crippen LogP contribution >= 0.6 is 0 Å². The van der Waals surface area contributed by atoms with Crippen molar-refractivity contribution in [2.24, 2.45) is 18.7 Å². The SMILES string of the molecule is Cn1cc([N+](=O)[O-])cc1C(=O)N1CCC(CCN)CC1. The first-order chi connectivity index (χ1) is 9.52. The Hall–Kier alpha value is -1.89. The smallest absolute Gasteiger partial charge is 0.287 e. The lowest BCUT2D eigenvalue weighted by Gasteiger charge is -2.31. The summed E-state index contributed by atoms with van der Waals surface area (Å²) in [6.07, 6.45) is 4.27. The van der Waals surface area contributed by atoms with Crippen LogP contribution in [0.4, 0.5) is 5.69 Å². The highest BCUT2D eigenvalue weighted by Gasteiger charge is 2.26. The highest BCUT2D eigenvalue weighted by Crippen LogP contribution is 2.23. The average Bonchev–Trinajstić information content (AvgIpc) is 2.81. The molecule has 110 valence electrons. The predicted octanol–water partition coefficient (Wildman–Crippen LogP) is 1.13. The molecule has 1 fully saturated rings. The summed E-state index contributed by atoms with van der Waals surface area (Å²) in [7, 11) is 1.65. The third kappa shape index (κ3) is 2.98. The van der Waals surface area contributed by atoms with E-state index in [4.69, 9.17) is 5.73 Å². The summed E-state index contributed by atoms with van der Waals surface area (Å²) in [5.74, 6) is 0.457. The summed E-state index contributed by atoms with van der Waals surface area (Å²) in [5, 5.41) is 10.7. The molecule has 1 amide bonds. The number of carbonyl (C=O) groups excluding carboxylic acids is 1. The van der Waals surface area contributed by atoms with Crippen LogP contribution in [0.5, 0.6) is 0 Å². The molecule has 20 heavy (non-hydrogen) atoms. The van der Waals surface area contributed by atoms with E-state index in [1.165, 1.54) is 16.8 Å². The minimum Gasteiger partial charge on any atom is -0.340 e. The van der Waals surface area contributed by atoms with E-state index in [1.54, 1.807) is 11.9 Å². The Morgan fingerprint density at radius 3 is 2.65 bits per heavy atom. The largest absolute Gasteiger partial charge is 0.340 e. The van der Waals surface area contributed by atoms with Crippen LogP contribution in [-0.4, -0.2) is 39.9 Å². The first-order valence-corrected chi connectivity index (χ1v) is 6.83. The molecule has 0 bridgehead atoms. The van der Waals surface area contributed by atoms with Gasteiger partial charge in [-0.25, -0.2) is 0 Å². The summed E-state index contributed by atoms with van der Waals surface area (Å²) >= 11 is 0. The van der Waals surface area contributed by atoms with Gasteiger partial charge in [-0.05, 0) is 31.7 Å². The van der Waals surface area contributed by atoms with E-state index in [0.29, 0.717) is 31.2 Å². The zero-order valence-corrected chi connectivity index (χ0v) is 11.6. The van der Waals surface area contributed by atoms with Crippen LogP contribution in [0.1, 0.15) is 29.8 Å². The van der Waals surface area contributed by atoms with E-state index in [2.05, 4.69) is 0 Å². The van der Waals surface area contributed by atoms with Gasteiger partial charge in [0.05, 0.1) is 11.1 Å². The summed E-state index contributed by atoms with van der Waals surface area (Å²) < 4.78 is 1.52.